The van der Waals surface area contributed by atoms with Crippen LogP contribution in [0, 0.1) is 11.3 Å². The third-order valence-corrected chi connectivity index (χ3v) is 5.94. The van der Waals surface area contributed by atoms with Crippen LogP contribution in [-0.2, 0) is 0 Å². The van der Waals surface area contributed by atoms with E-state index in [1.54, 1.807) is 24.5 Å². The molecular weight excluding hydrogens is 358 g/mol. The Morgan fingerprint density at radius 2 is 2.36 bits per heavy atom. The minimum Gasteiger partial charge on any atom is -0.438 e. The molecule has 1 aliphatic heterocycles. The van der Waals surface area contributed by atoms with Gasteiger partial charge in [0.1, 0.15) is 16.3 Å². The molecule has 0 aromatic carbocycles. The first-order valence-corrected chi connectivity index (χ1v) is 9.26. The summed E-state index contributed by atoms with van der Waals surface area (Å²) in [7, 11) is 0. The number of aromatic nitrogens is 3. The quantitative estimate of drug-likeness (QED) is 0.666. The van der Waals surface area contributed by atoms with Crippen molar-refractivity contribution < 1.29 is 4.74 Å². The summed E-state index contributed by atoms with van der Waals surface area (Å²) in [5.41, 5.74) is 7.34. The summed E-state index contributed by atoms with van der Waals surface area (Å²) in [6, 6.07) is 5.63. The number of hydrogen-bond donors (Lipinski definition) is 2. The highest BCUT2D eigenvalue weighted by Gasteiger charge is 2.35. The van der Waals surface area contributed by atoms with Crippen molar-refractivity contribution in [2.24, 2.45) is 5.73 Å². The van der Waals surface area contributed by atoms with Gasteiger partial charge in [-0.3, -0.25) is 9.78 Å². The molecule has 4 heterocycles. The number of allylic oxidation sites excluding steroid dienone is 1. The van der Waals surface area contributed by atoms with Gasteiger partial charge in [0, 0.05) is 12.4 Å². The van der Waals surface area contributed by atoms with E-state index in [0.29, 0.717) is 27.2 Å². The fourth-order valence-corrected chi connectivity index (χ4v) is 4.36. The summed E-state index contributed by atoms with van der Waals surface area (Å²) in [6.07, 6.45) is 5.15. The lowest BCUT2D eigenvalue weighted by Gasteiger charge is -2.25. The maximum Gasteiger partial charge on any atom is 0.257 e. The monoisotopic (exact) mass is 369 g/mol. The number of rotatable bonds is 2. The molecular formula is C16H11N5O2S2. The number of nitriles is 1. The maximum atomic E-state index is 12.8. The van der Waals surface area contributed by atoms with Gasteiger partial charge in [0.15, 0.2) is 15.7 Å². The number of hydrogen-bond acceptors (Lipinski definition) is 8. The van der Waals surface area contributed by atoms with Crippen LogP contribution in [0.25, 0.3) is 10.3 Å². The van der Waals surface area contributed by atoms with Crippen molar-refractivity contribution in [3.05, 3.63) is 57.5 Å². The molecule has 0 bridgehead atoms. The molecule has 7 nitrogen and oxygen atoms in total. The van der Waals surface area contributed by atoms with Crippen LogP contribution in [0.2, 0.25) is 0 Å². The van der Waals surface area contributed by atoms with Crippen LogP contribution in [0.1, 0.15) is 17.0 Å². The van der Waals surface area contributed by atoms with Crippen molar-refractivity contribution in [3.63, 3.8) is 0 Å². The molecule has 0 fully saturated rings. The Hall–Kier alpha value is -2.83. The number of fused-ring (bicyclic) bond motifs is 3. The van der Waals surface area contributed by atoms with E-state index in [-0.39, 0.29) is 17.0 Å². The molecule has 0 radical (unpaired) electrons. The SMILES string of the molecule is CSc1nc2[nH]c(=O)c3c(c2s1)OC(N)=C(C#N)[C@@H]3c1cccnc1. The molecule has 3 aromatic heterocycles. The number of thiazole rings is 1. The summed E-state index contributed by atoms with van der Waals surface area (Å²) in [5.74, 6) is -0.271. The van der Waals surface area contributed by atoms with Crippen LogP contribution in [0.4, 0.5) is 0 Å². The van der Waals surface area contributed by atoms with Crippen molar-refractivity contribution in [2.45, 2.75) is 10.3 Å². The van der Waals surface area contributed by atoms with Gasteiger partial charge >= 0.3 is 0 Å². The van der Waals surface area contributed by atoms with Gasteiger partial charge in [-0.15, -0.1) is 11.3 Å². The van der Waals surface area contributed by atoms with E-state index in [0.717, 1.165) is 4.34 Å². The molecule has 0 spiro atoms. The average molecular weight is 369 g/mol. The Morgan fingerprint density at radius 3 is 3.04 bits per heavy atom. The van der Waals surface area contributed by atoms with Crippen molar-refractivity contribution in [1.82, 2.24) is 15.0 Å². The Bertz CT molecular complexity index is 1110. The lowest BCUT2D eigenvalue weighted by atomic mass is 9.85. The molecule has 0 unspecified atom stereocenters. The number of nitrogens with zero attached hydrogens (tertiary/aromatic N) is 3. The van der Waals surface area contributed by atoms with E-state index in [1.165, 1.54) is 23.1 Å². The molecule has 4 rings (SSSR count). The lowest BCUT2D eigenvalue weighted by molar-refractivity contribution is 0.397. The highest BCUT2D eigenvalue weighted by molar-refractivity contribution is 8.00. The van der Waals surface area contributed by atoms with Gasteiger partial charge in [0.25, 0.3) is 5.56 Å². The molecule has 25 heavy (non-hydrogen) atoms. The molecule has 0 saturated carbocycles. The summed E-state index contributed by atoms with van der Waals surface area (Å²) in [4.78, 5) is 24.0. The highest BCUT2D eigenvalue weighted by atomic mass is 32.2. The Balaban J connectivity index is 2.07. The zero-order valence-corrected chi connectivity index (χ0v) is 14.6. The van der Waals surface area contributed by atoms with Crippen LogP contribution < -0.4 is 16.0 Å². The molecule has 124 valence electrons. The van der Waals surface area contributed by atoms with Crippen molar-refractivity contribution in [3.8, 4) is 11.8 Å². The molecule has 0 saturated heterocycles. The Morgan fingerprint density at radius 1 is 1.52 bits per heavy atom. The summed E-state index contributed by atoms with van der Waals surface area (Å²) >= 11 is 2.89. The van der Waals surface area contributed by atoms with Gasteiger partial charge in [-0.2, -0.15) is 5.26 Å². The van der Waals surface area contributed by atoms with E-state index >= 15 is 0 Å². The first-order chi connectivity index (χ1) is 12.1. The predicted molar refractivity (Wildman–Crippen MR) is 95.6 cm³/mol. The Kier molecular flexibility index (Phi) is 3.71. The van der Waals surface area contributed by atoms with E-state index in [4.69, 9.17) is 10.5 Å². The van der Waals surface area contributed by atoms with E-state index in [1.807, 2.05) is 6.26 Å². The van der Waals surface area contributed by atoms with Gasteiger partial charge in [-0.05, 0) is 17.9 Å². The fraction of sp³-hybridized carbons (Fsp3) is 0.125. The highest BCUT2D eigenvalue weighted by Crippen LogP contribution is 2.44. The van der Waals surface area contributed by atoms with E-state index < -0.39 is 5.92 Å². The largest absolute Gasteiger partial charge is 0.438 e. The van der Waals surface area contributed by atoms with E-state index in [9.17, 15) is 10.1 Å². The normalized spacial score (nSPS) is 16.4. The zero-order valence-electron chi connectivity index (χ0n) is 12.9. The maximum absolute atomic E-state index is 12.8. The molecule has 3 N–H and O–H groups in total. The number of thioether (sulfide) groups is 1. The third kappa shape index (κ3) is 2.38. The van der Waals surface area contributed by atoms with Crippen LogP contribution in [0.3, 0.4) is 0 Å². The van der Waals surface area contributed by atoms with E-state index in [2.05, 4.69) is 21.0 Å². The second kappa shape index (κ2) is 5.91. The summed E-state index contributed by atoms with van der Waals surface area (Å²) in [5, 5.41) is 9.55. The van der Waals surface area contributed by atoms with Crippen LogP contribution in [0.15, 0.2) is 45.1 Å². The predicted octanol–water partition coefficient (Wildman–Crippen LogP) is 2.32. The lowest BCUT2D eigenvalue weighted by Crippen LogP contribution is -2.27. The number of aromatic amines is 1. The first kappa shape index (κ1) is 15.7. The Labute approximate surface area is 150 Å². The van der Waals surface area contributed by atoms with Crippen LogP contribution in [-0.4, -0.2) is 21.2 Å². The van der Waals surface area contributed by atoms with Gasteiger partial charge in [-0.25, -0.2) is 4.98 Å². The average Bonchev–Trinajstić information content (AvgIpc) is 3.04. The second-order valence-electron chi connectivity index (χ2n) is 5.27. The fourth-order valence-electron chi connectivity index (χ4n) is 2.84. The number of H-pyrrole nitrogens is 1. The minimum absolute atomic E-state index is 0.00476. The number of pyridine rings is 2. The zero-order chi connectivity index (χ0) is 17.6. The summed E-state index contributed by atoms with van der Waals surface area (Å²) < 4.78 is 7.20. The van der Waals surface area contributed by atoms with Crippen molar-refractivity contribution in [1.29, 1.82) is 5.26 Å². The smallest absolute Gasteiger partial charge is 0.257 e. The number of ether oxygens (including phenoxy) is 1. The van der Waals surface area contributed by atoms with Crippen molar-refractivity contribution in [2.75, 3.05) is 6.26 Å². The number of nitrogens with two attached hydrogens (primary N) is 1. The second-order valence-corrected chi connectivity index (χ2v) is 7.32. The van der Waals surface area contributed by atoms with Gasteiger partial charge in [0.2, 0.25) is 5.88 Å². The molecule has 0 aliphatic carbocycles. The standard InChI is InChI=1S/C16H11N5O2S2/c1-24-16-21-14-12(25-16)11-10(15(22)20-14)9(7-3-2-4-19-6-7)8(5-17)13(18)23-11/h2-4,6,9H,18H2,1H3,(H,20,22)/t9-/m0/s1. The van der Waals surface area contributed by atoms with Gasteiger partial charge in [-0.1, -0.05) is 17.8 Å². The summed E-state index contributed by atoms with van der Waals surface area (Å²) in [6.45, 7) is 0. The third-order valence-electron chi connectivity index (χ3n) is 3.90. The first-order valence-electron chi connectivity index (χ1n) is 7.22. The van der Waals surface area contributed by atoms with Crippen LogP contribution in [0.5, 0.6) is 5.75 Å². The molecule has 1 atom stereocenters. The molecule has 0 amide bonds. The molecule has 3 aromatic rings. The minimum atomic E-state index is -0.629. The van der Waals surface area contributed by atoms with Crippen LogP contribution >= 0.6 is 23.1 Å². The number of nitrogens with one attached hydrogen (secondary N) is 1. The topological polar surface area (TPSA) is 118 Å². The van der Waals surface area contributed by atoms with Gasteiger partial charge < -0.3 is 15.5 Å². The van der Waals surface area contributed by atoms with Crippen molar-refractivity contribution >= 4 is 33.4 Å². The van der Waals surface area contributed by atoms with Gasteiger partial charge in [0.05, 0.1) is 11.5 Å². The molecule has 1 aliphatic rings. The molecule has 9 heteroatoms.